The molecule has 1 heterocycles. The number of carbonyl (C=O) groups is 2. The summed E-state index contributed by atoms with van der Waals surface area (Å²) in [6.07, 6.45) is 0. The van der Waals surface area contributed by atoms with Gasteiger partial charge in [0, 0.05) is 0 Å². The van der Waals surface area contributed by atoms with Crippen molar-refractivity contribution in [1.82, 2.24) is 0 Å². The summed E-state index contributed by atoms with van der Waals surface area (Å²) in [4.78, 5) is 23.9. The molecule has 2 aromatic carbocycles. The molecule has 0 aromatic heterocycles. The third-order valence-electron chi connectivity index (χ3n) is 4.61. The number of rotatable bonds is 6. The Hall–Kier alpha value is -3.12. The molecule has 10 nitrogen and oxygen atoms in total. The van der Waals surface area contributed by atoms with E-state index in [9.17, 15) is 26.4 Å². The minimum atomic E-state index is -4.36. The van der Waals surface area contributed by atoms with Gasteiger partial charge in [0.2, 0.25) is 15.9 Å². The maximum Gasteiger partial charge on any atom is 0.339 e. The summed E-state index contributed by atoms with van der Waals surface area (Å²) in [5.41, 5.74) is -0.188. The van der Waals surface area contributed by atoms with Crippen molar-refractivity contribution in [3.8, 4) is 5.75 Å². The van der Waals surface area contributed by atoms with Gasteiger partial charge in [-0.25, -0.2) is 25.9 Å². The lowest BCUT2D eigenvalue weighted by Crippen LogP contribution is -2.30. The van der Waals surface area contributed by atoms with Crippen LogP contribution in [0.5, 0.6) is 5.75 Å². The number of esters is 1. The predicted octanol–water partition coefficient (Wildman–Crippen LogP) is 1.60. The number of nitrogens with zero attached hydrogens (tertiary/aromatic N) is 1. The third kappa shape index (κ3) is 4.21. The molecule has 1 aliphatic heterocycles. The summed E-state index contributed by atoms with van der Waals surface area (Å²) in [7, 11) is -5.88. The Morgan fingerprint density at radius 1 is 1.16 bits per heavy atom. The Morgan fingerprint density at radius 2 is 1.84 bits per heavy atom. The van der Waals surface area contributed by atoms with Crippen molar-refractivity contribution in [3.05, 3.63) is 48.0 Å². The molecule has 0 bridgehead atoms. The van der Waals surface area contributed by atoms with Crippen molar-refractivity contribution in [1.29, 1.82) is 0 Å². The summed E-state index contributed by atoms with van der Waals surface area (Å²) in [5, 5.41) is 0. The second-order valence-electron chi connectivity index (χ2n) is 6.76. The Bertz CT molecular complexity index is 1260. The summed E-state index contributed by atoms with van der Waals surface area (Å²) >= 11 is 0. The first-order valence-electron chi connectivity index (χ1n) is 8.97. The molecule has 1 amide bonds. The number of amides is 1. The van der Waals surface area contributed by atoms with E-state index < -0.39 is 42.7 Å². The van der Waals surface area contributed by atoms with E-state index in [4.69, 9.17) is 4.74 Å². The number of benzene rings is 2. The summed E-state index contributed by atoms with van der Waals surface area (Å²) < 4.78 is 63.7. The van der Waals surface area contributed by atoms with Crippen LogP contribution < -0.4 is 13.8 Å². The van der Waals surface area contributed by atoms with Crippen LogP contribution in [0.2, 0.25) is 0 Å². The number of ether oxygens (including phenoxy) is 2. The van der Waals surface area contributed by atoms with Crippen LogP contribution in [0.4, 0.5) is 11.4 Å². The molecule has 166 valence electrons. The van der Waals surface area contributed by atoms with Crippen molar-refractivity contribution in [2.45, 2.75) is 11.8 Å². The van der Waals surface area contributed by atoms with E-state index >= 15 is 0 Å². The largest absolute Gasteiger partial charge is 0.495 e. The zero-order valence-electron chi connectivity index (χ0n) is 16.9. The van der Waals surface area contributed by atoms with Gasteiger partial charge in [0.15, 0.2) is 0 Å². The zero-order valence-corrected chi connectivity index (χ0v) is 18.5. The molecule has 31 heavy (non-hydrogen) atoms. The summed E-state index contributed by atoms with van der Waals surface area (Å²) in [5.74, 6) is -2.61. The maximum absolute atomic E-state index is 13.1. The molecule has 0 saturated carbocycles. The molecule has 1 N–H and O–H groups in total. The number of para-hydroxylation sites is 1. The highest BCUT2D eigenvalue weighted by molar-refractivity contribution is 7.94. The molecule has 0 unspecified atom stereocenters. The second-order valence-corrected chi connectivity index (χ2v) is 10.3. The highest BCUT2D eigenvalue weighted by Gasteiger charge is 2.42. The summed E-state index contributed by atoms with van der Waals surface area (Å²) in [6, 6.07) is 9.39. The van der Waals surface area contributed by atoms with E-state index in [1.54, 1.807) is 0 Å². The van der Waals surface area contributed by atoms with Crippen LogP contribution in [0.1, 0.15) is 17.3 Å². The third-order valence-corrected chi connectivity index (χ3v) is 7.86. The molecule has 0 spiro atoms. The minimum Gasteiger partial charge on any atom is -0.495 e. The Labute approximate surface area is 179 Å². The topological polar surface area (TPSA) is 136 Å². The molecule has 3 rings (SSSR count). The number of anilines is 2. The van der Waals surface area contributed by atoms with Crippen LogP contribution in [-0.2, 0) is 29.6 Å². The predicted molar refractivity (Wildman–Crippen MR) is 112 cm³/mol. The first kappa shape index (κ1) is 22.6. The Kier molecular flexibility index (Phi) is 5.96. The Balaban J connectivity index is 2.09. The summed E-state index contributed by atoms with van der Waals surface area (Å²) in [6.45, 7) is 1.48. The lowest BCUT2D eigenvalue weighted by molar-refractivity contribution is -0.119. The molecule has 1 atom stereocenters. The average Bonchev–Trinajstić information content (AvgIpc) is 2.93. The number of hydrogen-bond donors (Lipinski definition) is 1. The Morgan fingerprint density at radius 3 is 2.42 bits per heavy atom. The molecule has 1 saturated heterocycles. The molecule has 0 aliphatic carbocycles. The van der Waals surface area contributed by atoms with Gasteiger partial charge < -0.3 is 9.47 Å². The fourth-order valence-electron chi connectivity index (χ4n) is 3.15. The molecule has 1 aliphatic rings. The quantitative estimate of drug-likeness (QED) is 0.631. The van der Waals surface area contributed by atoms with Gasteiger partial charge in [-0.3, -0.25) is 9.52 Å². The fourth-order valence-corrected chi connectivity index (χ4v) is 6.23. The van der Waals surface area contributed by atoms with Gasteiger partial charge in [0.1, 0.15) is 10.6 Å². The smallest absolute Gasteiger partial charge is 0.339 e. The van der Waals surface area contributed by atoms with Crippen molar-refractivity contribution in [2.24, 2.45) is 5.92 Å². The number of hydrogen-bond acceptors (Lipinski definition) is 8. The molecule has 2 aromatic rings. The van der Waals surface area contributed by atoms with Crippen LogP contribution in [0, 0.1) is 5.92 Å². The normalized spacial score (nSPS) is 18.0. The van der Waals surface area contributed by atoms with Crippen molar-refractivity contribution < 1.29 is 35.9 Å². The highest BCUT2D eigenvalue weighted by atomic mass is 32.2. The molecule has 12 heteroatoms. The highest BCUT2D eigenvalue weighted by Crippen LogP contribution is 2.35. The van der Waals surface area contributed by atoms with E-state index in [1.807, 2.05) is 0 Å². The van der Waals surface area contributed by atoms with Crippen molar-refractivity contribution >= 4 is 43.3 Å². The van der Waals surface area contributed by atoms with Crippen LogP contribution in [0.3, 0.4) is 0 Å². The lowest BCUT2D eigenvalue weighted by atomic mass is 10.2. The average molecular weight is 469 g/mol. The van der Waals surface area contributed by atoms with Crippen LogP contribution in [0.15, 0.2) is 47.4 Å². The number of sulfonamides is 2. The van der Waals surface area contributed by atoms with Gasteiger partial charge in [0.25, 0.3) is 10.0 Å². The number of carbonyl (C=O) groups excluding carboxylic acids is 2. The van der Waals surface area contributed by atoms with Crippen LogP contribution in [0.25, 0.3) is 0 Å². The first-order chi connectivity index (χ1) is 14.5. The van der Waals surface area contributed by atoms with E-state index in [-0.39, 0.29) is 28.4 Å². The van der Waals surface area contributed by atoms with E-state index in [1.165, 1.54) is 50.4 Å². The van der Waals surface area contributed by atoms with Crippen LogP contribution in [-0.4, -0.2) is 48.7 Å². The van der Waals surface area contributed by atoms with Gasteiger partial charge in [-0.1, -0.05) is 19.1 Å². The van der Waals surface area contributed by atoms with Gasteiger partial charge in [0.05, 0.1) is 42.8 Å². The SMILES string of the molecule is COC(=O)c1ccccc1NS(=O)(=O)c1cc(N2C(=O)[C@@H](C)CS2(=O)=O)ccc1OC. The van der Waals surface area contributed by atoms with Gasteiger partial charge in [-0.2, -0.15) is 0 Å². The minimum absolute atomic E-state index is 0.0187. The monoisotopic (exact) mass is 468 g/mol. The van der Waals surface area contributed by atoms with E-state index in [0.717, 1.165) is 13.2 Å². The van der Waals surface area contributed by atoms with Gasteiger partial charge in [-0.15, -0.1) is 0 Å². The molecular formula is C19H20N2O8S2. The first-order valence-corrected chi connectivity index (χ1v) is 12.1. The van der Waals surface area contributed by atoms with Crippen LogP contribution >= 0.6 is 0 Å². The second kappa shape index (κ2) is 8.19. The standard InChI is InChI=1S/C19H20N2O8S2/c1-12-11-30(24,25)21(18(12)22)13-8-9-16(28-2)17(10-13)31(26,27)20-15-7-5-4-6-14(15)19(23)29-3/h4-10,12,20H,11H2,1-3H3/t12-/m0/s1. The molecule has 1 fully saturated rings. The lowest BCUT2D eigenvalue weighted by Gasteiger charge is -2.18. The zero-order chi connectivity index (χ0) is 23.0. The number of methoxy groups -OCH3 is 2. The number of nitrogens with one attached hydrogen (secondary N) is 1. The molecule has 0 radical (unpaired) electrons. The van der Waals surface area contributed by atoms with Crippen molar-refractivity contribution in [3.63, 3.8) is 0 Å². The van der Waals surface area contributed by atoms with E-state index in [0.29, 0.717) is 4.31 Å². The van der Waals surface area contributed by atoms with Crippen molar-refractivity contribution in [2.75, 3.05) is 29.0 Å². The van der Waals surface area contributed by atoms with Gasteiger partial charge >= 0.3 is 5.97 Å². The van der Waals surface area contributed by atoms with Gasteiger partial charge in [-0.05, 0) is 30.3 Å². The fraction of sp³-hybridized carbons (Fsp3) is 0.263. The van der Waals surface area contributed by atoms with E-state index in [2.05, 4.69) is 9.46 Å². The molecular weight excluding hydrogens is 448 g/mol. The maximum atomic E-state index is 13.1.